The largest absolute Gasteiger partial charge is 0.508 e. The Morgan fingerprint density at radius 2 is 1.38 bits per heavy atom. The van der Waals surface area contributed by atoms with Gasteiger partial charge in [-0.05, 0) is 24.6 Å². The second-order valence-corrected chi connectivity index (χ2v) is 9.05. The minimum absolute atomic E-state index is 0.0856. The Kier molecular flexibility index (Phi) is 13.8. The average Bonchev–Trinajstić information content (AvgIpc) is 2.88. The molecule has 16 nitrogen and oxygen atoms in total. The van der Waals surface area contributed by atoms with Crippen LogP contribution in [0.5, 0.6) is 5.75 Å². The Morgan fingerprint density at radius 3 is 1.85 bits per heavy atom. The van der Waals surface area contributed by atoms with Gasteiger partial charge in [0.05, 0.1) is 25.2 Å². The van der Waals surface area contributed by atoms with Gasteiger partial charge in [0, 0.05) is 12.2 Å². The molecule has 222 valence electrons. The Hall–Kier alpha value is -3.93. The summed E-state index contributed by atoms with van der Waals surface area (Å²) in [5.74, 6) is -7.34. The van der Waals surface area contributed by atoms with Gasteiger partial charge in [0.2, 0.25) is 23.6 Å². The first kappa shape index (κ1) is 34.1. The predicted molar refractivity (Wildman–Crippen MR) is 140 cm³/mol. The fourth-order valence-corrected chi connectivity index (χ4v) is 3.46. The summed E-state index contributed by atoms with van der Waals surface area (Å²) in [5, 5.41) is 55.9. The van der Waals surface area contributed by atoms with Crippen molar-refractivity contribution in [1.82, 2.24) is 21.3 Å². The molecule has 0 saturated heterocycles. The van der Waals surface area contributed by atoms with E-state index >= 15 is 0 Å². The number of phenols is 1. The summed E-state index contributed by atoms with van der Waals surface area (Å²) in [6, 6.07) is -2.27. The van der Waals surface area contributed by atoms with Gasteiger partial charge < -0.3 is 52.5 Å². The Morgan fingerprint density at radius 1 is 0.850 bits per heavy atom. The third-order valence-electron chi connectivity index (χ3n) is 5.42. The summed E-state index contributed by atoms with van der Waals surface area (Å²) >= 11 is 3.84. The van der Waals surface area contributed by atoms with Gasteiger partial charge in [-0.25, -0.2) is 4.79 Å². The zero-order valence-electron chi connectivity index (χ0n) is 21.3. The van der Waals surface area contributed by atoms with Crippen molar-refractivity contribution in [2.45, 2.75) is 56.1 Å². The van der Waals surface area contributed by atoms with E-state index < -0.39 is 84.9 Å². The van der Waals surface area contributed by atoms with E-state index in [-0.39, 0.29) is 17.9 Å². The molecule has 1 aromatic rings. The molecule has 0 saturated carbocycles. The van der Waals surface area contributed by atoms with E-state index in [2.05, 4.69) is 33.9 Å². The number of aromatic hydroxyl groups is 1. The number of phenolic OH excluding ortho intramolecular Hbond substituents is 1. The van der Waals surface area contributed by atoms with Gasteiger partial charge in [0.15, 0.2) is 0 Å². The third-order valence-corrected chi connectivity index (χ3v) is 5.78. The smallest absolute Gasteiger partial charge is 0.327 e. The molecule has 1 aromatic carbocycles. The molecule has 6 atom stereocenters. The Bertz CT molecular complexity index is 1070. The zero-order valence-corrected chi connectivity index (χ0v) is 22.2. The lowest BCUT2D eigenvalue weighted by molar-refractivity contribution is -0.142. The van der Waals surface area contributed by atoms with Gasteiger partial charge in [0.25, 0.3) is 0 Å². The molecule has 4 amide bonds. The van der Waals surface area contributed by atoms with E-state index in [0.29, 0.717) is 5.56 Å². The van der Waals surface area contributed by atoms with Crippen LogP contribution in [-0.4, -0.2) is 110 Å². The first-order chi connectivity index (χ1) is 18.7. The number of nitrogens with one attached hydrogen (secondary N) is 4. The third kappa shape index (κ3) is 11.0. The maximum atomic E-state index is 13.2. The van der Waals surface area contributed by atoms with Crippen molar-refractivity contribution in [2.75, 3.05) is 12.4 Å². The predicted octanol–water partition coefficient (Wildman–Crippen LogP) is -3.94. The molecule has 40 heavy (non-hydrogen) atoms. The molecule has 0 unspecified atom stereocenters. The number of carboxylic acid groups (broad SMARTS) is 2. The van der Waals surface area contributed by atoms with Crippen molar-refractivity contribution in [3.63, 3.8) is 0 Å². The summed E-state index contributed by atoms with van der Waals surface area (Å²) < 4.78 is 0. The zero-order chi connectivity index (χ0) is 30.6. The number of amides is 4. The maximum absolute atomic E-state index is 13.2. The molecule has 17 heteroatoms. The average molecular weight is 588 g/mol. The fourth-order valence-electron chi connectivity index (χ4n) is 3.21. The van der Waals surface area contributed by atoms with E-state index in [4.69, 9.17) is 15.9 Å². The number of benzene rings is 1. The molecule has 0 aromatic heterocycles. The number of aliphatic hydroxyl groups is 2. The Labute approximate surface area is 233 Å². The van der Waals surface area contributed by atoms with Crippen LogP contribution in [0.2, 0.25) is 0 Å². The summed E-state index contributed by atoms with van der Waals surface area (Å²) in [6.07, 6.45) is -2.50. The minimum Gasteiger partial charge on any atom is -0.508 e. The highest BCUT2D eigenvalue weighted by Gasteiger charge is 2.33. The maximum Gasteiger partial charge on any atom is 0.327 e. The van der Waals surface area contributed by atoms with Crippen LogP contribution >= 0.6 is 12.6 Å². The summed E-state index contributed by atoms with van der Waals surface area (Å²) in [4.78, 5) is 72.8. The van der Waals surface area contributed by atoms with E-state index in [0.717, 1.165) is 6.92 Å². The van der Waals surface area contributed by atoms with Crippen LogP contribution in [0.4, 0.5) is 0 Å². The quantitative estimate of drug-likeness (QED) is 0.0827. The molecular weight excluding hydrogens is 554 g/mol. The number of hydrogen-bond acceptors (Lipinski definition) is 11. The standard InChI is InChI=1S/C23H33N5O11S/c1-10(30)18(22(37)27-16(9-40)23(38)39)28-20(35)14(6-11-2-4-12(31)5-3-11)25-21(36)15(8-29)26-19(34)13(24)7-17(32)33/h2-5,10,13-16,18,29-31,40H,6-9,24H2,1H3,(H,25,36)(H,26,34)(H,27,37)(H,28,35)(H,32,33)(H,38,39)/t10-,13+,14+,15+,16+,18+/m1/s1. The Balaban J connectivity index is 3.16. The molecule has 0 aliphatic rings. The van der Waals surface area contributed by atoms with Crippen molar-refractivity contribution < 1.29 is 54.3 Å². The topological polar surface area (TPSA) is 278 Å². The van der Waals surface area contributed by atoms with Crippen LogP contribution in [0.15, 0.2) is 24.3 Å². The normalized spacial score (nSPS) is 15.3. The highest BCUT2D eigenvalue weighted by atomic mass is 32.1. The minimum atomic E-state index is -1.66. The number of rotatable bonds is 16. The van der Waals surface area contributed by atoms with Gasteiger partial charge in [-0.1, -0.05) is 12.1 Å². The molecule has 0 aliphatic carbocycles. The molecule has 0 bridgehead atoms. The monoisotopic (exact) mass is 587 g/mol. The molecule has 0 spiro atoms. The molecule has 0 fully saturated rings. The van der Waals surface area contributed by atoms with Crippen molar-refractivity contribution in [3.8, 4) is 5.75 Å². The van der Waals surface area contributed by atoms with E-state index in [9.17, 15) is 44.1 Å². The summed E-state index contributed by atoms with van der Waals surface area (Å²) in [5.41, 5.74) is 5.89. The van der Waals surface area contributed by atoms with Crippen molar-refractivity contribution >= 4 is 48.2 Å². The molecule has 0 radical (unpaired) electrons. The SMILES string of the molecule is C[C@@H](O)[C@H](NC(=O)[C@H](Cc1ccc(O)cc1)NC(=O)[C@H](CO)NC(=O)[C@@H](N)CC(=O)O)C(=O)N[C@@H](CS)C(=O)O. The second kappa shape index (κ2) is 16.2. The van der Waals surface area contributed by atoms with Gasteiger partial charge in [0.1, 0.15) is 29.9 Å². The number of carbonyl (C=O) groups excluding carboxylic acids is 4. The molecule has 11 N–H and O–H groups in total. The van der Waals surface area contributed by atoms with Crippen LogP contribution < -0.4 is 27.0 Å². The van der Waals surface area contributed by atoms with E-state index in [1.165, 1.54) is 24.3 Å². The van der Waals surface area contributed by atoms with Crippen LogP contribution in [0.25, 0.3) is 0 Å². The first-order valence-electron chi connectivity index (χ1n) is 11.8. The van der Waals surface area contributed by atoms with Crippen LogP contribution in [0.1, 0.15) is 18.9 Å². The number of hydrogen-bond donors (Lipinski definition) is 11. The van der Waals surface area contributed by atoms with Crippen LogP contribution in [0, 0.1) is 0 Å². The molecule has 1 rings (SSSR count). The lowest BCUT2D eigenvalue weighted by Gasteiger charge is -2.27. The highest BCUT2D eigenvalue weighted by Crippen LogP contribution is 2.12. The number of nitrogens with two attached hydrogens (primary N) is 1. The van der Waals surface area contributed by atoms with Crippen molar-refractivity contribution in [2.24, 2.45) is 5.73 Å². The van der Waals surface area contributed by atoms with Crippen LogP contribution in [-0.2, 0) is 35.2 Å². The summed E-state index contributed by atoms with van der Waals surface area (Å²) in [7, 11) is 0. The number of thiol groups is 1. The van der Waals surface area contributed by atoms with Crippen molar-refractivity contribution in [1.29, 1.82) is 0 Å². The number of carbonyl (C=O) groups is 6. The van der Waals surface area contributed by atoms with Gasteiger partial charge in [-0.15, -0.1) is 0 Å². The fraction of sp³-hybridized carbons (Fsp3) is 0.478. The molecule has 0 heterocycles. The second-order valence-electron chi connectivity index (χ2n) is 8.69. The molecular formula is C23H33N5O11S. The molecule has 0 aliphatic heterocycles. The number of carboxylic acids is 2. The van der Waals surface area contributed by atoms with Crippen molar-refractivity contribution in [3.05, 3.63) is 29.8 Å². The van der Waals surface area contributed by atoms with Crippen LogP contribution in [0.3, 0.4) is 0 Å². The van der Waals surface area contributed by atoms with Gasteiger partial charge >= 0.3 is 11.9 Å². The number of aliphatic carboxylic acids is 2. The van der Waals surface area contributed by atoms with Gasteiger partial charge in [-0.2, -0.15) is 12.6 Å². The first-order valence-corrected chi connectivity index (χ1v) is 12.4. The lowest BCUT2D eigenvalue weighted by atomic mass is 10.0. The summed E-state index contributed by atoms with van der Waals surface area (Å²) in [6.45, 7) is 0.205. The lowest BCUT2D eigenvalue weighted by Crippen LogP contribution is -2.61. The number of aliphatic hydroxyl groups excluding tert-OH is 2. The van der Waals surface area contributed by atoms with Gasteiger partial charge in [-0.3, -0.25) is 24.0 Å². The van der Waals surface area contributed by atoms with E-state index in [1.54, 1.807) is 0 Å². The highest BCUT2D eigenvalue weighted by molar-refractivity contribution is 7.80. The van der Waals surface area contributed by atoms with E-state index in [1.807, 2.05) is 0 Å².